The van der Waals surface area contributed by atoms with Crippen LogP contribution in [0.25, 0.3) is 0 Å². The molecule has 0 spiro atoms. The Kier molecular flexibility index (Phi) is 6.41. The minimum atomic E-state index is -0.214. The first-order chi connectivity index (χ1) is 12.6. The van der Waals surface area contributed by atoms with Crippen LogP contribution in [-0.2, 0) is 6.54 Å². The highest BCUT2D eigenvalue weighted by atomic mass is 19.1. The molecule has 26 heavy (non-hydrogen) atoms. The summed E-state index contributed by atoms with van der Waals surface area (Å²) in [4.78, 5) is 2.35. The molecule has 1 aliphatic heterocycles. The molecule has 0 aromatic heterocycles. The average molecular weight is 356 g/mol. The third kappa shape index (κ3) is 4.32. The van der Waals surface area contributed by atoms with E-state index >= 15 is 0 Å². The van der Waals surface area contributed by atoms with Gasteiger partial charge in [0.25, 0.3) is 0 Å². The zero-order valence-corrected chi connectivity index (χ0v) is 15.6. The second kappa shape index (κ2) is 8.76. The lowest BCUT2D eigenvalue weighted by Crippen LogP contribution is -2.66. The monoisotopic (exact) mass is 356 g/mol. The number of likely N-dealkylation sites (tertiary alicyclic amines) is 1. The van der Waals surface area contributed by atoms with Crippen molar-refractivity contribution in [3.05, 3.63) is 71.5 Å². The van der Waals surface area contributed by atoms with Crippen LogP contribution in [0.5, 0.6) is 0 Å². The van der Waals surface area contributed by atoms with Gasteiger partial charge in [-0.1, -0.05) is 56.3 Å². The predicted molar refractivity (Wildman–Crippen MR) is 103 cm³/mol. The van der Waals surface area contributed by atoms with Crippen LogP contribution >= 0.6 is 0 Å². The van der Waals surface area contributed by atoms with E-state index in [1.807, 2.05) is 18.2 Å². The molecule has 1 fully saturated rings. The molecule has 1 heterocycles. The van der Waals surface area contributed by atoms with E-state index in [2.05, 4.69) is 48.3 Å². The van der Waals surface area contributed by atoms with Crippen molar-refractivity contribution in [3.8, 4) is 0 Å². The zero-order chi connectivity index (χ0) is 18.5. The molecule has 1 saturated heterocycles. The molecule has 2 N–H and O–H groups in total. The molecule has 140 valence electrons. The maximum atomic E-state index is 13.2. The number of aliphatic hydroxyl groups excluding tert-OH is 1. The van der Waals surface area contributed by atoms with Gasteiger partial charge in [0, 0.05) is 31.1 Å². The van der Waals surface area contributed by atoms with Crippen LogP contribution in [0.2, 0.25) is 0 Å². The van der Waals surface area contributed by atoms with Crippen LogP contribution in [0.3, 0.4) is 0 Å². The molecule has 2 aromatic rings. The van der Waals surface area contributed by atoms with E-state index in [-0.39, 0.29) is 18.5 Å². The first-order valence-electron chi connectivity index (χ1n) is 9.47. The van der Waals surface area contributed by atoms with Crippen molar-refractivity contribution < 1.29 is 9.50 Å². The molecule has 2 aromatic carbocycles. The van der Waals surface area contributed by atoms with Gasteiger partial charge >= 0.3 is 0 Å². The van der Waals surface area contributed by atoms with Gasteiger partial charge in [-0.2, -0.15) is 0 Å². The molecule has 1 aliphatic rings. The summed E-state index contributed by atoms with van der Waals surface area (Å²) in [6, 6.07) is 17.5. The summed E-state index contributed by atoms with van der Waals surface area (Å²) >= 11 is 0. The highest BCUT2D eigenvalue weighted by Gasteiger charge is 2.47. The predicted octanol–water partition coefficient (Wildman–Crippen LogP) is 3.40. The molecule has 3 rings (SSSR count). The largest absolute Gasteiger partial charge is 0.395 e. The van der Waals surface area contributed by atoms with E-state index in [4.69, 9.17) is 0 Å². The van der Waals surface area contributed by atoms with Gasteiger partial charge in [-0.05, 0) is 35.7 Å². The normalized spacial score (nSPS) is 23.2. The Labute approximate surface area is 155 Å². The Morgan fingerprint density at radius 2 is 1.73 bits per heavy atom. The van der Waals surface area contributed by atoms with Gasteiger partial charge in [0.15, 0.2) is 0 Å². The van der Waals surface area contributed by atoms with Gasteiger partial charge in [-0.25, -0.2) is 4.39 Å². The van der Waals surface area contributed by atoms with Crippen LogP contribution in [-0.4, -0.2) is 41.8 Å². The fourth-order valence-electron chi connectivity index (χ4n) is 3.95. The van der Waals surface area contributed by atoms with Crippen LogP contribution in [0.4, 0.5) is 4.39 Å². The Bertz CT molecular complexity index is 674. The standard InChI is InChI=1S/C22H29FN2O/c1-16(2)12-24-13-20-22(18-6-4-3-5-7-18)21(15-26)25(20)14-17-8-10-19(23)11-9-17/h3-11,16,20-22,24,26H,12-15H2,1-2H3/t20-,21-,22-/m1/s1. The molecule has 0 aliphatic carbocycles. The first kappa shape index (κ1) is 19.0. The van der Waals surface area contributed by atoms with Crippen LogP contribution in [0.15, 0.2) is 54.6 Å². The second-order valence-corrected chi connectivity index (χ2v) is 7.60. The van der Waals surface area contributed by atoms with Crippen molar-refractivity contribution in [2.45, 2.75) is 38.4 Å². The summed E-state index contributed by atoms with van der Waals surface area (Å²) in [6.45, 7) is 7.12. The lowest BCUT2D eigenvalue weighted by molar-refractivity contribution is -0.0491. The minimum absolute atomic E-state index is 0.0910. The fraction of sp³-hybridized carbons (Fsp3) is 0.455. The third-order valence-corrected chi connectivity index (χ3v) is 5.24. The van der Waals surface area contributed by atoms with Crippen molar-refractivity contribution in [1.82, 2.24) is 10.2 Å². The van der Waals surface area contributed by atoms with Crippen LogP contribution < -0.4 is 5.32 Å². The highest BCUT2D eigenvalue weighted by Crippen LogP contribution is 2.41. The summed E-state index contributed by atoms with van der Waals surface area (Å²) in [5, 5.41) is 13.6. The SMILES string of the molecule is CC(C)CNC[C@@H]1[C@@H](c2ccccc2)[C@@H](CO)N1Cc1ccc(F)cc1. The number of aliphatic hydroxyl groups is 1. The maximum absolute atomic E-state index is 13.2. The second-order valence-electron chi connectivity index (χ2n) is 7.60. The highest BCUT2D eigenvalue weighted by molar-refractivity contribution is 5.29. The van der Waals surface area contributed by atoms with Gasteiger partial charge in [-0.15, -0.1) is 0 Å². The molecule has 3 nitrogen and oxygen atoms in total. The third-order valence-electron chi connectivity index (χ3n) is 5.24. The molecule has 3 atom stereocenters. The fourth-order valence-corrected chi connectivity index (χ4v) is 3.95. The molecule has 0 radical (unpaired) electrons. The number of benzene rings is 2. The topological polar surface area (TPSA) is 35.5 Å². The number of hydrogen-bond acceptors (Lipinski definition) is 3. The Morgan fingerprint density at radius 1 is 1.04 bits per heavy atom. The van der Waals surface area contributed by atoms with Crippen molar-refractivity contribution >= 4 is 0 Å². The molecular formula is C22H29FN2O. The van der Waals surface area contributed by atoms with E-state index in [1.54, 1.807) is 0 Å². The summed E-state index contributed by atoms with van der Waals surface area (Å²) in [5.74, 6) is 0.694. The van der Waals surface area contributed by atoms with Gasteiger partial charge in [0.2, 0.25) is 0 Å². The van der Waals surface area contributed by atoms with Gasteiger partial charge in [0.1, 0.15) is 5.82 Å². The smallest absolute Gasteiger partial charge is 0.123 e. The molecule has 0 amide bonds. The lowest BCUT2D eigenvalue weighted by Gasteiger charge is -2.55. The molecule has 4 heteroatoms. The summed E-state index contributed by atoms with van der Waals surface area (Å²) < 4.78 is 13.2. The minimum Gasteiger partial charge on any atom is -0.395 e. The van der Waals surface area contributed by atoms with Gasteiger partial charge in [-0.3, -0.25) is 4.90 Å². The van der Waals surface area contributed by atoms with Crippen molar-refractivity contribution in [2.24, 2.45) is 5.92 Å². The van der Waals surface area contributed by atoms with E-state index in [0.717, 1.165) is 25.2 Å². The van der Waals surface area contributed by atoms with E-state index in [1.165, 1.54) is 17.7 Å². The average Bonchev–Trinajstić information content (AvgIpc) is 2.63. The summed E-state index contributed by atoms with van der Waals surface area (Å²) in [6.07, 6.45) is 0. The van der Waals surface area contributed by atoms with Crippen LogP contribution in [0, 0.1) is 11.7 Å². The number of nitrogens with zero attached hydrogens (tertiary/aromatic N) is 1. The maximum Gasteiger partial charge on any atom is 0.123 e. The molecule has 0 bridgehead atoms. The number of halogens is 1. The van der Waals surface area contributed by atoms with Crippen molar-refractivity contribution in [1.29, 1.82) is 0 Å². The van der Waals surface area contributed by atoms with E-state index < -0.39 is 0 Å². The Hall–Kier alpha value is -1.75. The Morgan fingerprint density at radius 3 is 2.35 bits per heavy atom. The first-order valence-corrected chi connectivity index (χ1v) is 9.47. The van der Waals surface area contributed by atoms with Gasteiger partial charge < -0.3 is 10.4 Å². The zero-order valence-electron chi connectivity index (χ0n) is 15.6. The van der Waals surface area contributed by atoms with Crippen molar-refractivity contribution in [2.75, 3.05) is 19.7 Å². The van der Waals surface area contributed by atoms with E-state index in [9.17, 15) is 9.50 Å². The van der Waals surface area contributed by atoms with Gasteiger partial charge in [0.05, 0.1) is 6.61 Å². The lowest BCUT2D eigenvalue weighted by atomic mass is 9.74. The quantitative estimate of drug-likeness (QED) is 0.761. The number of rotatable bonds is 8. The van der Waals surface area contributed by atoms with Crippen molar-refractivity contribution in [3.63, 3.8) is 0 Å². The van der Waals surface area contributed by atoms with Crippen LogP contribution in [0.1, 0.15) is 30.9 Å². The number of hydrogen-bond donors (Lipinski definition) is 2. The molecular weight excluding hydrogens is 327 g/mol. The summed E-state index contributed by atoms with van der Waals surface area (Å²) in [7, 11) is 0. The Balaban J connectivity index is 1.77. The molecule has 0 unspecified atom stereocenters. The van der Waals surface area contributed by atoms with E-state index in [0.29, 0.717) is 17.9 Å². The number of nitrogens with one attached hydrogen (secondary N) is 1. The molecule has 0 saturated carbocycles. The summed E-state index contributed by atoms with van der Waals surface area (Å²) in [5.41, 5.74) is 2.35.